The lowest BCUT2D eigenvalue weighted by Gasteiger charge is -2.17. The summed E-state index contributed by atoms with van der Waals surface area (Å²) in [6.45, 7) is 0.644. The molecule has 0 saturated heterocycles. The van der Waals surface area contributed by atoms with E-state index in [1.165, 1.54) is 23.8 Å². The Morgan fingerprint density at radius 1 is 1.19 bits per heavy atom. The van der Waals surface area contributed by atoms with Crippen molar-refractivity contribution in [2.45, 2.75) is 12.8 Å². The minimum atomic E-state index is -0.502. The quantitative estimate of drug-likeness (QED) is 0.858. The Kier molecular flexibility index (Phi) is 4.93. The number of carbonyl (C=O) groups excluding carboxylic acids is 1. The van der Waals surface area contributed by atoms with Crippen molar-refractivity contribution in [3.8, 4) is 0 Å². The van der Waals surface area contributed by atoms with E-state index in [0.717, 1.165) is 12.8 Å². The van der Waals surface area contributed by atoms with Gasteiger partial charge in [-0.05, 0) is 36.6 Å². The van der Waals surface area contributed by atoms with E-state index in [2.05, 4.69) is 12.1 Å². The first-order chi connectivity index (χ1) is 10.1. The fraction of sp³-hybridized carbons (Fsp3) is 0.235. The number of nitrogens with two attached hydrogens (primary N) is 1. The molecule has 0 heterocycles. The Bertz CT molecular complexity index is 613. The average molecular weight is 286 g/mol. The van der Waals surface area contributed by atoms with Gasteiger partial charge in [0.2, 0.25) is 0 Å². The third kappa shape index (κ3) is 4.05. The highest BCUT2D eigenvalue weighted by atomic mass is 19.1. The summed E-state index contributed by atoms with van der Waals surface area (Å²) < 4.78 is 13.1. The Hall–Kier alpha value is -2.36. The highest BCUT2D eigenvalue weighted by Gasteiger charge is 2.12. The second-order valence-corrected chi connectivity index (χ2v) is 5.05. The summed E-state index contributed by atoms with van der Waals surface area (Å²) in [5.41, 5.74) is 7.15. The lowest BCUT2D eigenvalue weighted by Crippen LogP contribution is -2.28. The van der Waals surface area contributed by atoms with Crippen LogP contribution < -0.4 is 5.73 Å². The van der Waals surface area contributed by atoms with Crippen LogP contribution in [0.1, 0.15) is 22.3 Å². The maximum Gasteiger partial charge on any atom is 0.253 e. The SMILES string of the molecule is CN(CCCc1ccccc1)C(=O)c1ccc(F)c(N)c1. The lowest BCUT2D eigenvalue weighted by atomic mass is 10.1. The third-order valence-electron chi connectivity index (χ3n) is 3.39. The number of nitrogen functional groups attached to an aromatic ring is 1. The van der Waals surface area contributed by atoms with Crippen molar-refractivity contribution in [3.05, 3.63) is 65.5 Å². The normalized spacial score (nSPS) is 10.4. The number of hydrogen-bond donors (Lipinski definition) is 1. The molecule has 0 aromatic heterocycles. The fourth-order valence-electron chi connectivity index (χ4n) is 2.16. The molecule has 0 aliphatic rings. The molecule has 0 aliphatic heterocycles. The zero-order valence-electron chi connectivity index (χ0n) is 12.1. The van der Waals surface area contributed by atoms with Gasteiger partial charge in [-0.25, -0.2) is 4.39 Å². The molecule has 3 nitrogen and oxygen atoms in total. The number of aryl methyl sites for hydroxylation is 1. The smallest absolute Gasteiger partial charge is 0.253 e. The van der Waals surface area contributed by atoms with Crippen LogP contribution >= 0.6 is 0 Å². The molecule has 2 N–H and O–H groups in total. The van der Waals surface area contributed by atoms with E-state index >= 15 is 0 Å². The molecule has 21 heavy (non-hydrogen) atoms. The van der Waals surface area contributed by atoms with E-state index in [4.69, 9.17) is 5.73 Å². The van der Waals surface area contributed by atoms with Gasteiger partial charge in [0.25, 0.3) is 5.91 Å². The maximum atomic E-state index is 13.1. The third-order valence-corrected chi connectivity index (χ3v) is 3.39. The molecule has 0 aliphatic carbocycles. The van der Waals surface area contributed by atoms with Crippen LogP contribution in [0.15, 0.2) is 48.5 Å². The Morgan fingerprint density at radius 2 is 1.90 bits per heavy atom. The van der Waals surface area contributed by atoms with Crippen LogP contribution in [0.5, 0.6) is 0 Å². The molecule has 2 aromatic carbocycles. The molecule has 2 aromatic rings. The summed E-state index contributed by atoms with van der Waals surface area (Å²) in [6, 6.07) is 14.2. The van der Waals surface area contributed by atoms with Crippen LogP contribution in [-0.2, 0) is 6.42 Å². The predicted octanol–water partition coefficient (Wildman–Crippen LogP) is 3.11. The number of halogens is 1. The van der Waals surface area contributed by atoms with E-state index in [9.17, 15) is 9.18 Å². The Labute approximate surface area is 124 Å². The summed E-state index contributed by atoms with van der Waals surface area (Å²) in [5.74, 6) is -0.645. The highest BCUT2D eigenvalue weighted by molar-refractivity contribution is 5.94. The van der Waals surface area contributed by atoms with Gasteiger partial charge in [0.05, 0.1) is 5.69 Å². The minimum Gasteiger partial charge on any atom is -0.396 e. The molecule has 2 rings (SSSR count). The first kappa shape index (κ1) is 15.0. The maximum absolute atomic E-state index is 13.1. The molecular formula is C17H19FN2O. The summed E-state index contributed by atoms with van der Waals surface area (Å²) in [6.07, 6.45) is 1.80. The van der Waals surface area contributed by atoms with E-state index in [0.29, 0.717) is 12.1 Å². The van der Waals surface area contributed by atoms with Crippen LogP contribution in [0.3, 0.4) is 0 Å². The Balaban J connectivity index is 1.89. The summed E-state index contributed by atoms with van der Waals surface area (Å²) >= 11 is 0. The van der Waals surface area contributed by atoms with Crippen LogP contribution in [-0.4, -0.2) is 24.4 Å². The zero-order valence-corrected chi connectivity index (χ0v) is 12.1. The molecule has 0 spiro atoms. The summed E-state index contributed by atoms with van der Waals surface area (Å²) in [5, 5.41) is 0. The molecule has 0 fully saturated rings. The number of amides is 1. The van der Waals surface area contributed by atoms with Crippen LogP contribution in [0, 0.1) is 5.82 Å². The summed E-state index contributed by atoms with van der Waals surface area (Å²) in [4.78, 5) is 13.8. The average Bonchev–Trinajstić information content (AvgIpc) is 2.50. The topological polar surface area (TPSA) is 46.3 Å². The molecular weight excluding hydrogens is 267 g/mol. The molecule has 4 heteroatoms. The number of benzene rings is 2. The van der Waals surface area contributed by atoms with Crippen molar-refractivity contribution in [1.29, 1.82) is 0 Å². The van der Waals surface area contributed by atoms with Gasteiger partial charge in [0.1, 0.15) is 5.82 Å². The van der Waals surface area contributed by atoms with Gasteiger partial charge in [-0.2, -0.15) is 0 Å². The van der Waals surface area contributed by atoms with Gasteiger partial charge in [-0.1, -0.05) is 30.3 Å². The second kappa shape index (κ2) is 6.88. The molecule has 110 valence electrons. The van der Waals surface area contributed by atoms with Crippen LogP contribution in [0.25, 0.3) is 0 Å². The molecule has 1 amide bonds. The minimum absolute atomic E-state index is 0.00136. The van der Waals surface area contributed by atoms with E-state index in [-0.39, 0.29) is 11.6 Å². The van der Waals surface area contributed by atoms with Crippen molar-refractivity contribution in [1.82, 2.24) is 4.90 Å². The van der Waals surface area contributed by atoms with Crippen molar-refractivity contribution in [2.75, 3.05) is 19.3 Å². The van der Waals surface area contributed by atoms with Crippen LogP contribution in [0.4, 0.5) is 10.1 Å². The number of hydrogen-bond acceptors (Lipinski definition) is 2. The van der Waals surface area contributed by atoms with E-state index in [1.807, 2.05) is 18.2 Å². The predicted molar refractivity (Wildman–Crippen MR) is 82.5 cm³/mol. The monoisotopic (exact) mass is 286 g/mol. The Morgan fingerprint density at radius 3 is 2.57 bits per heavy atom. The van der Waals surface area contributed by atoms with Gasteiger partial charge >= 0.3 is 0 Å². The largest absolute Gasteiger partial charge is 0.396 e. The number of rotatable bonds is 5. The van der Waals surface area contributed by atoms with Gasteiger partial charge < -0.3 is 10.6 Å². The van der Waals surface area contributed by atoms with Gasteiger partial charge in [0, 0.05) is 19.2 Å². The number of nitrogens with zero attached hydrogens (tertiary/aromatic N) is 1. The fourth-order valence-corrected chi connectivity index (χ4v) is 2.16. The van der Waals surface area contributed by atoms with Crippen LogP contribution in [0.2, 0.25) is 0 Å². The molecule has 0 bridgehead atoms. The van der Waals surface area contributed by atoms with Crippen molar-refractivity contribution >= 4 is 11.6 Å². The second-order valence-electron chi connectivity index (χ2n) is 5.05. The molecule has 0 unspecified atom stereocenters. The van der Waals surface area contributed by atoms with Gasteiger partial charge in [-0.3, -0.25) is 4.79 Å². The van der Waals surface area contributed by atoms with Gasteiger partial charge in [0.15, 0.2) is 0 Å². The standard InChI is InChI=1S/C17H19FN2O/c1-20(11-5-8-13-6-3-2-4-7-13)17(21)14-9-10-15(18)16(19)12-14/h2-4,6-7,9-10,12H,5,8,11,19H2,1H3. The molecule has 0 atom stereocenters. The van der Waals surface area contributed by atoms with Crippen molar-refractivity contribution in [2.24, 2.45) is 0 Å². The lowest BCUT2D eigenvalue weighted by molar-refractivity contribution is 0.0793. The van der Waals surface area contributed by atoms with Crippen molar-refractivity contribution in [3.63, 3.8) is 0 Å². The molecule has 0 saturated carbocycles. The van der Waals surface area contributed by atoms with Gasteiger partial charge in [-0.15, -0.1) is 0 Å². The van der Waals surface area contributed by atoms with E-state index < -0.39 is 5.82 Å². The molecule has 0 radical (unpaired) electrons. The summed E-state index contributed by atoms with van der Waals surface area (Å²) in [7, 11) is 1.74. The zero-order chi connectivity index (χ0) is 15.2. The number of anilines is 1. The first-order valence-electron chi connectivity index (χ1n) is 6.92. The first-order valence-corrected chi connectivity index (χ1v) is 6.92. The van der Waals surface area contributed by atoms with E-state index in [1.54, 1.807) is 11.9 Å². The number of carbonyl (C=O) groups is 1. The highest BCUT2D eigenvalue weighted by Crippen LogP contribution is 2.14. The van der Waals surface area contributed by atoms with Crippen molar-refractivity contribution < 1.29 is 9.18 Å².